The molecule has 162 valence electrons. The molecule has 0 aliphatic carbocycles. The van der Waals surface area contributed by atoms with Crippen LogP contribution in [0.25, 0.3) is 0 Å². The number of hydrogen-bond donors (Lipinski definition) is 1. The molecule has 0 bridgehead atoms. The smallest absolute Gasteiger partial charge is 0.289 e. The topological polar surface area (TPSA) is 67.6 Å². The number of likely N-dealkylation sites (N-methyl/N-ethyl adjacent to an activating group) is 1. The van der Waals surface area contributed by atoms with Crippen molar-refractivity contribution in [3.05, 3.63) is 24.2 Å². The third-order valence-electron chi connectivity index (χ3n) is 5.67. The second-order valence-electron chi connectivity index (χ2n) is 7.84. The zero-order valence-corrected chi connectivity index (χ0v) is 18.0. The number of nitrogens with one attached hydrogen (secondary N) is 1. The van der Waals surface area contributed by atoms with Crippen LogP contribution >= 0.6 is 0 Å². The Morgan fingerprint density at radius 1 is 1.07 bits per heavy atom. The molecule has 8 nitrogen and oxygen atoms in total. The number of hydrogen-bond acceptors (Lipinski definition) is 5. The van der Waals surface area contributed by atoms with E-state index in [1.165, 1.54) is 39.1 Å². The van der Waals surface area contributed by atoms with Crippen molar-refractivity contribution in [2.45, 2.75) is 19.8 Å². The first-order chi connectivity index (χ1) is 14.2. The Labute approximate surface area is 174 Å². The normalized spacial score (nSPS) is 19.6. The summed E-state index contributed by atoms with van der Waals surface area (Å²) in [4.78, 5) is 26.3. The third kappa shape index (κ3) is 6.47. The van der Waals surface area contributed by atoms with Gasteiger partial charge in [-0.15, -0.1) is 0 Å². The van der Waals surface area contributed by atoms with E-state index in [1.807, 2.05) is 4.90 Å². The number of amides is 1. The monoisotopic (exact) mass is 404 g/mol. The fourth-order valence-corrected chi connectivity index (χ4v) is 3.81. The van der Waals surface area contributed by atoms with E-state index in [0.717, 1.165) is 38.6 Å². The number of guanidine groups is 1. The van der Waals surface area contributed by atoms with Crippen LogP contribution in [-0.4, -0.2) is 111 Å². The Bertz CT molecular complexity index is 632. The molecular formula is C21H36N6O2. The van der Waals surface area contributed by atoms with E-state index in [4.69, 9.17) is 9.41 Å². The lowest BCUT2D eigenvalue weighted by molar-refractivity contribution is 0.0657. The second-order valence-corrected chi connectivity index (χ2v) is 7.84. The molecule has 1 aromatic heterocycles. The highest BCUT2D eigenvalue weighted by Gasteiger charge is 2.25. The maximum absolute atomic E-state index is 12.4. The van der Waals surface area contributed by atoms with E-state index in [0.29, 0.717) is 18.8 Å². The van der Waals surface area contributed by atoms with Gasteiger partial charge in [0.2, 0.25) is 0 Å². The molecule has 0 unspecified atom stereocenters. The van der Waals surface area contributed by atoms with E-state index in [2.05, 4.69) is 34.0 Å². The summed E-state index contributed by atoms with van der Waals surface area (Å²) < 4.78 is 5.24. The average Bonchev–Trinajstić information content (AvgIpc) is 3.29. The molecule has 3 rings (SSSR count). The zero-order chi connectivity index (χ0) is 20.5. The summed E-state index contributed by atoms with van der Waals surface area (Å²) in [7, 11) is 2.20. The molecule has 2 fully saturated rings. The maximum atomic E-state index is 12.4. The summed E-state index contributed by atoms with van der Waals surface area (Å²) in [5, 5.41) is 3.41. The zero-order valence-electron chi connectivity index (χ0n) is 18.0. The van der Waals surface area contributed by atoms with Crippen LogP contribution in [0.3, 0.4) is 0 Å². The molecule has 3 heterocycles. The van der Waals surface area contributed by atoms with Crippen LogP contribution in [0, 0.1) is 0 Å². The Morgan fingerprint density at radius 3 is 2.45 bits per heavy atom. The van der Waals surface area contributed by atoms with Crippen molar-refractivity contribution in [1.29, 1.82) is 0 Å². The molecule has 2 aliphatic rings. The predicted octanol–water partition coefficient (Wildman–Crippen LogP) is 1.03. The standard InChI is InChI=1S/C21H36N6O2/c1-3-22-21(23-8-4-5-9-25-12-10-24(2)11-13-25)27-16-14-26(15-17-27)20(28)19-7-6-18-29-19/h6-7,18H,3-5,8-17H2,1-2H3,(H,22,23). The first-order valence-electron chi connectivity index (χ1n) is 10.9. The van der Waals surface area contributed by atoms with Crippen molar-refractivity contribution in [3.63, 3.8) is 0 Å². The fourth-order valence-electron chi connectivity index (χ4n) is 3.81. The SMILES string of the molecule is CCNC(=NCCCCN1CCN(C)CC1)N1CCN(C(=O)c2ccco2)CC1. The number of piperazine rings is 2. The van der Waals surface area contributed by atoms with Crippen molar-refractivity contribution >= 4 is 11.9 Å². The highest BCUT2D eigenvalue weighted by atomic mass is 16.3. The van der Waals surface area contributed by atoms with Crippen molar-refractivity contribution in [3.8, 4) is 0 Å². The number of rotatable bonds is 7. The lowest BCUT2D eigenvalue weighted by atomic mass is 10.2. The molecule has 29 heavy (non-hydrogen) atoms. The van der Waals surface area contributed by atoms with Gasteiger partial charge in [0, 0.05) is 65.4 Å². The Kier molecular flexibility index (Phi) is 8.37. The molecule has 1 amide bonds. The number of carbonyl (C=O) groups is 1. The molecule has 8 heteroatoms. The van der Waals surface area contributed by atoms with Gasteiger partial charge in [0.15, 0.2) is 11.7 Å². The molecule has 0 spiro atoms. The molecule has 0 atom stereocenters. The fraction of sp³-hybridized carbons (Fsp3) is 0.714. The van der Waals surface area contributed by atoms with Crippen LogP contribution in [0.2, 0.25) is 0 Å². The first kappa shape index (κ1) is 21.6. The summed E-state index contributed by atoms with van der Waals surface area (Å²) in [5.41, 5.74) is 0. The highest BCUT2D eigenvalue weighted by molar-refractivity contribution is 5.91. The van der Waals surface area contributed by atoms with Crippen molar-refractivity contribution in [2.75, 3.05) is 79.0 Å². The highest BCUT2D eigenvalue weighted by Crippen LogP contribution is 2.10. The summed E-state index contributed by atoms with van der Waals surface area (Å²) >= 11 is 0. The van der Waals surface area contributed by atoms with Crippen LogP contribution in [0.15, 0.2) is 27.8 Å². The molecule has 0 radical (unpaired) electrons. The molecule has 0 saturated carbocycles. The average molecular weight is 405 g/mol. The summed E-state index contributed by atoms with van der Waals surface area (Å²) in [6, 6.07) is 3.48. The van der Waals surface area contributed by atoms with Crippen LogP contribution in [0.1, 0.15) is 30.3 Å². The summed E-state index contributed by atoms with van der Waals surface area (Å²) in [6.45, 7) is 12.7. The minimum Gasteiger partial charge on any atom is -0.459 e. The lowest BCUT2D eigenvalue weighted by Gasteiger charge is -2.36. The van der Waals surface area contributed by atoms with E-state index >= 15 is 0 Å². The van der Waals surface area contributed by atoms with Gasteiger partial charge in [-0.1, -0.05) is 0 Å². The van der Waals surface area contributed by atoms with Gasteiger partial charge in [0.1, 0.15) is 0 Å². The van der Waals surface area contributed by atoms with E-state index in [-0.39, 0.29) is 5.91 Å². The van der Waals surface area contributed by atoms with Gasteiger partial charge in [-0.3, -0.25) is 9.79 Å². The Balaban J connectivity index is 1.39. The lowest BCUT2D eigenvalue weighted by Crippen LogP contribution is -2.53. The van der Waals surface area contributed by atoms with Crippen molar-refractivity contribution in [1.82, 2.24) is 24.9 Å². The van der Waals surface area contributed by atoms with Crippen LogP contribution in [-0.2, 0) is 0 Å². The molecule has 2 saturated heterocycles. The minimum atomic E-state index is -0.0273. The third-order valence-corrected chi connectivity index (χ3v) is 5.67. The van der Waals surface area contributed by atoms with Gasteiger partial charge in [0.25, 0.3) is 5.91 Å². The van der Waals surface area contributed by atoms with E-state index < -0.39 is 0 Å². The largest absolute Gasteiger partial charge is 0.459 e. The number of unbranched alkanes of at least 4 members (excludes halogenated alkanes) is 1. The minimum absolute atomic E-state index is 0.0273. The number of aliphatic imine (C=N–C) groups is 1. The van der Waals surface area contributed by atoms with Gasteiger partial charge in [-0.25, -0.2) is 0 Å². The summed E-state index contributed by atoms with van der Waals surface area (Å²) in [5.74, 6) is 1.36. The molecule has 2 aliphatic heterocycles. The molecule has 1 N–H and O–H groups in total. The number of carbonyl (C=O) groups excluding carboxylic acids is 1. The quantitative estimate of drug-likeness (QED) is 0.416. The number of furan rings is 1. The predicted molar refractivity (Wildman–Crippen MR) is 115 cm³/mol. The van der Waals surface area contributed by atoms with Gasteiger partial charge in [-0.05, 0) is 45.5 Å². The first-order valence-corrected chi connectivity index (χ1v) is 10.9. The van der Waals surface area contributed by atoms with E-state index in [9.17, 15) is 4.79 Å². The Morgan fingerprint density at radius 2 is 1.79 bits per heavy atom. The van der Waals surface area contributed by atoms with Crippen molar-refractivity contribution < 1.29 is 9.21 Å². The van der Waals surface area contributed by atoms with Gasteiger partial charge >= 0.3 is 0 Å². The molecular weight excluding hydrogens is 368 g/mol. The second kappa shape index (κ2) is 11.2. The number of nitrogens with zero attached hydrogens (tertiary/aromatic N) is 5. The molecule has 1 aromatic rings. The molecule has 0 aromatic carbocycles. The van der Waals surface area contributed by atoms with Gasteiger partial charge in [0.05, 0.1) is 6.26 Å². The Hall–Kier alpha value is -2.06. The van der Waals surface area contributed by atoms with Crippen molar-refractivity contribution in [2.24, 2.45) is 4.99 Å². The summed E-state index contributed by atoms with van der Waals surface area (Å²) in [6.07, 6.45) is 3.85. The van der Waals surface area contributed by atoms with Gasteiger partial charge < -0.3 is 29.3 Å². The van der Waals surface area contributed by atoms with E-state index in [1.54, 1.807) is 18.4 Å². The van der Waals surface area contributed by atoms with Crippen LogP contribution in [0.5, 0.6) is 0 Å². The van der Waals surface area contributed by atoms with Crippen LogP contribution < -0.4 is 5.32 Å². The maximum Gasteiger partial charge on any atom is 0.289 e. The van der Waals surface area contributed by atoms with Gasteiger partial charge in [-0.2, -0.15) is 0 Å². The van der Waals surface area contributed by atoms with Crippen LogP contribution in [0.4, 0.5) is 0 Å².